The smallest absolute Gasteiger partial charge is 0.240 e. The van der Waals surface area contributed by atoms with Crippen molar-refractivity contribution in [3.63, 3.8) is 0 Å². The Morgan fingerprint density at radius 3 is 2.85 bits per heavy atom. The number of aliphatic hydroxyl groups excluding tert-OH is 1. The van der Waals surface area contributed by atoms with Crippen molar-refractivity contribution < 1.29 is 19.4 Å². The summed E-state index contributed by atoms with van der Waals surface area (Å²) >= 11 is 0. The third-order valence-electron chi connectivity index (χ3n) is 5.27. The Hall–Kier alpha value is -2.15. The van der Waals surface area contributed by atoms with Gasteiger partial charge < -0.3 is 20.1 Å². The molecule has 1 aromatic heterocycles. The molecule has 2 aliphatic rings. The van der Waals surface area contributed by atoms with Crippen molar-refractivity contribution in [1.82, 2.24) is 15.2 Å². The zero-order valence-corrected chi connectivity index (χ0v) is 15.2. The SMILES string of the molecule is COc1ccc(C(NC(=O)CN2CCCCCC2=O)C2CC(O)C2)cn1. The van der Waals surface area contributed by atoms with Gasteiger partial charge in [0, 0.05) is 25.2 Å². The first-order valence-corrected chi connectivity index (χ1v) is 9.32. The van der Waals surface area contributed by atoms with Crippen LogP contribution in [0.4, 0.5) is 0 Å². The van der Waals surface area contributed by atoms with Gasteiger partial charge in [0.25, 0.3) is 0 Å². The van der Waals surface area contributed by atoms with Crippen LogP contribution in [0.15, 0.2) is 18.3 Å². The van der Waals surface area contributed by atoms with Crippen molar-refractivity contribution in [2.45, 2.75) is 50.7 Å². The quantitative estimate of drug-likeness (QED) is 0.800. The summed E-state index contributed by atoms with van der Waals surface area (Å²) in [5.74, 6) is 0.577. The van der Waals surface area contributed by atoms with E-state index in [-0.39, 0.29) is 36.4 Å². The highest BCUT2D eigenvalue weighted by molar-refractivity contribution is 5.85. The predicted molar refractivity (Wildman–Crippen MR) is 95.5 cm³/mol. The largest absolute Gasteiger partial charge is 0.481 e. The molecule has 0 aromatic carbocycles. The van der Waals surface area contributed by atoms with Gasteiger partial charge in [0.15, 0.2) is 0 Å². The maximum absolute atomic E-state index is 12.6. The monoisotopic (exact) mass is 361 g/mol. The molecule has 1 aliphatic heterocycles. The molecule has 1 saturated carbocycles. The Labute approximate surface area is 153 Å². The summed E-state index contributed by atoms with van der Waals surface area (Å²) in [6.07, 6.45) is 6.09. The number of aromatic nitrogens is 1. The van der Waals surface area contributed by atoms with Gasteiger partial charge in [-0.3, -0.25) is 9.59 Å². The fourth-order valence-corrected chi connectivity index (χ4v) is 3.67. The van der Waals surface area contributed by atoms with Gasteiger partial charge >= 0.3 is 0 Å². The molecule has 0 radical (unpaired) electrons. The van der Waals surface area contributed by atoms with Crippen LogP contribution in [-0.4, -0.2) is 53.1 Å². The van der Waals surface area contributed by atoms with Gasteiger partial charge in [0.2, 0.25) is 17.7 Å². The highest BCUT2D eigenvalue weighted by atomic mass is 16.5. The van der Waals surface area contributed by atoms with Crippen molar-refractivity contribution in [2.75, 3.05) is 20.2 Å². The molecule has 1 unspecified atom stereocenters. The van der Waals surface area contributed by atoms with Crippen molar-refractivity contribution in [3.8, 4) is 5.88 Å². The first kappa shape index (κ1) is 18.6. The molecule has 0 bridgehead atoms. The highest BCUT2D eigenvalue weighted by Gasteiger charge is 2.36. The molecule has 1 aromatic rings. The minimum Gasteiger partial charge on any atom is -0.481 e. The number of ether oxygens (including phenoxy) is 1. The molecule has 0 spiro atoms. The second-order valence-corrected chi connectivity index (χ2v) is 7.19. The van der Waals surface area contributed by atoms with E-state index >= 15 is 0 Å². The zero-order chi connectivity index (χ0) is 18.5. The van der Waals surface area contributed by atoms with Crippen LogP contribution in [0.5, 0.6) is 5.88 Å². The second-order valence-electron chi connectivity index (χ2n) is 7.19. The molecule has 1 atom stereocenters. The molecular weight excluding hydrogens is 334 g/mol. The van der Waals surface area contributed by atoms with Gasteiger partial charge in [0.1, 0.15) is 0 Å². The first-order valence-electron chi connectivity index (χ1n) is 9.32. The Morgan fingerprint density at radius 1 is 1.38 bits per heavy atom. The van der Waals surface area contributed by atoms with E-state index in [1.807, 2.05) is 6.07 Å². The number of nitrogens with one attached hydrogen (secondary N) is 1. The van der Waals surface area contributed by atoms with Gasteiger partial charge in [-0.05, 0) is 37.2 Å². The van der Waals surface area contributed by atoms with E-state index < -0.39 is 0 Å². The molecule has 2 N–H and O–H groups in total. The number of nitrogens with zero attached hydrogens (tertiary/aromatic N) is 2. The molecule has 3 rings (SSSR count). The number of hydrogen-bond acceptors (Lipinski definition) is 5. The Morgan fingerprint density at radius 2 is 2.19 bits per heavy atom. The van der Waals surface area contributed by atoms with Gasteiger partial charge in [-0.1, -0.05) is 12.5 Å². The summed E-state index contributed by atoms with van der Waals surface area (Å²) in [5.41, 5.74) is 0.887. The summed E-state index contributed by atoms with van der Waals surface area (Å²) in [6, 6.07) is 3.44. The summed E-state index contributed by atoms with van der Waals surface area (Å²) in [5, 5.41) is 12.7. The molecule has 26 heavy (non-hydrogen) atoms. The van der Waals surface area contributed by atoms with Crippen LogP contribution in [0.2, 0.25) is 0 Å². The molecule has 2 heterocycles. The lowest BCUT2D eigenvalue weighted by Gasteiger charge is -2.38. The van der Waals surface area contributed by atoms with Crippen molar-refractivity contribution in [3.05, 3.63) is 23.9 Å². The summed E-state index contributed by atoms with van der Waals surface area (Å²) in [4.78, 5) is 30.6. The van der Waals surface area contributed by atoms with E-state index in [2.05, 4.69) is 10.3 Å². The number of likely N-dealkylation sites (tertiary alicyclic amines) is 1. The normalized spacial score (nSPS) is 24.4. The van der Waals surface area contributed by atoms with Crippen LogP contribution in [0.1, 0.15) is 50.1 Å². The van der Waals surface area contributed by atoms with Gasteiger partial charge in [-0.25, -0.2) is 4.98 Å². The van der Waals surface area contributed by atoms with Crippen LogP contribution in [-0.2, 0) is 9.59 Å². The second kappa shape index (κ2) is 8.49. The maximum Gasteiger partial charge on any atom is 0.240 e. The average molecular weight is 361 g/mol. The van der Waals surface area contributed by atoms with E-state index in [9.17, 15) is 14.7 Å². The zero-order valence-electron chi connectivity index (χ0n) is 15.2. The fraction of sp³-hybridized carbons (Fsp3) is 0.632. The molecule has 142 valence electrons. The van der Waals surface area contributed by atoms with E-state index in [0.717, 1.165) is 24.8 Å². The van der Waals surface area contributed by atoms with E-state index in [0.29, 0.717) is 31.7 Å². The highest BCUT2D eigenvalue weighted by Crippen LogP contribution is 2.38. The molecular formula is C19H27N3O4. The molecule has 1 saturated heterocycles. The van der Waals surface area contributed by atoms with Gasteiger partial charge in [-0.15, -0.1) is 0 Å². The summed E-state index contributed by atoms with van der Waals surface area (Å²) in [6.45, 7) is 0.733. The number of methoxy groups -OCH3 is 1. The topological polar surface area (TPSA) is 91.8 Å². The fourth-order valence-electron chi connectivity index (χ4n) is 3.67. The number of aliphatic hydroxyl groups is 1. The van der Waals surface area contributed by atoms with E-state index in [1.165, 1.54) is 0 Å². The molecule has 2 amide bonds. The predicted octanol–water partition coefficient (Wildman–Crippen LogP) is 1.42. The minimum atomic E-state index is -0.308. The standard InChI is InChI=1S/C19H27N3O4/c1-26-17-7-6-13(11-20-17)19(14-9-15(23)10-14)21-16(24)12-22-8-4-2-3-5-18(22)25/h6-7,11,14-15,19,23H,2-5,8-10,12H2,1H3,(H,21,24). The van der Waals surface area contributed by atoms with Crippen molar-refractivity contribution >= 4 is 11.8 Å². The maximum atomic E-state index is 12.6. The number of pyridine rings is 1. The Kier molecular flexibility index (Phi) is 6.08. The number of carbonyl (C=O) groups excluding carboxylic acids is 2. The number of carbonyl (C=O) groups is 2. The van der Waals surface area contributed by atoms with Crippen LogP contribution in [0.25, 0.3) is 0 Å². The van der Waals surface area contributed by atoms with E-state index in [1.54, 1.807) is 24.3 Å². The lowest BCUT2D eigenvalue weighted by atomic mass is 9.75. The Bertz CT molecular complexity index is 628. The average Bonchev–Trinajstić information content (AvgIpc) is 2.82. The number of amides is 2. The minimum absolute atomic E-state index is 0.0550. The van der Waals surface area contributed by atoms with Gasteiger partial charge in [-0.2, -0.15) is 0 Å². The Balaban J connectivity index is 1.66. The van der Waals surface area contributed by atoms with Crippen molar-refractivity contribution in [2.24, 2.45) is 5.92 Å². The molecule has 1 aliphatic carbocycles. The number of rotatable bonds is 6. The van der Waals surface area contributed by atoms with Crippen LogP contribution < -0.4 is 10.1 Å². The van der Waals surface area contributed by atoms with Crippen molar-refractivity contribution in [1.29, 1.82) is 0 Å². The third kappa shape index (κ3) is 4.52. The first-order chi connectivity index (χ1) is 12.6. The summed E-state index contributed by atoms with van der Waals surface area (Å²) < 4.78 is 5.09. The summed E-state index contributed by atoms with van der Waals surface area (Å²) in [7, 11) is 1.56. The molecule has 7 nitrogen and oxygen atoms in total. The van der Waals surface area contributed by atoms with Crippen LogP contribution in [0.3, 0.4) is 0 Å². The van der Waals surface area contributed by atoms with Crippen LogP contribution >= 0.6 is 0 Å². The lowest BCUT2D eigenvalue weighted by Crippen LogP contribution is -2.46. The number of hydrogen-bond donors (Lipinski definition) is 2. The van der Waals surface area contributed by atoms with Gasteiger partial charge in [0.05, 0.1) is 25.8 Å². The molecule has 7 heteroatoms. The lowest BCUT2D eigenvalue weighted by molar-refractivity contribution is -0.136. The van der Waals surface area contributed by atoms with E-state index in [4.69, 9.17) is 4.74 Å². The third-order valence-corrected chi connectivity index (χ3v) is 5.27. The molecule has 2 fully saturated rings. The van der Waals surface area contributed by atoms with Crippen LogP contribution in [0, 0.1) is 5.92 Å².